The number of halogens is 2. The van der Waals surface area contributed by atoms with Crippen LogP contribution in [0.25, 0.3) is 26.7 Å². The molecule has 37 heavy (non-hydrogen) atoms. The van der Waals surface area contributed by atoms with Gasteiger partial charge >= 0.3 is 5.91 Å². The Hall–Kier alpha value is -4.43. The summed E-state index contributed by atoms with van der Waals surface area (Å²) in [7, 11) is 0. The van der Waals surface area contributed by atoms with Gasteiger partial charge in [0.2, 0.25) is 0 Å². The van der Waals surface area contributed by atoms with Gasteiger partial charge in [-0.2, -0.15) is 0 Å². The van der Waals surface area contributed by atoms with E-state index in [9.17, 15) is 23.5 Å². The van der Waals surface area contributed by atoms with Crippen LogP contribution in [0.15, 0.2) is 84.4 Å². The highest BCUT2D eigenvalue weighted by Gasteiger charge is 2.48. The maximum absolute atomic E-state index is 13.9. The van der Waals surface area contributed by atoms with Crippen molar-refractivity contribution in [3.05, 3.63) is 113 Å². The minimum absolute atomic E-state index is 0.0810. The van der Waals surface area contributed by atoms with E-state index in [2.05, 4.69) is 4.98 Å². The highest BCUT2D eigenvalue weighted by molar-refractivity contribution is 7.22. The SMILES string of the molecule is Cc1cccc(C2/C(=C(\O)c3ccc4ccccc4c3)C(=O)C(=O)N2c2nc3cc(F)c(F)cc3s2)c1. The highest BCUT2D eigenvalue weighted by atomic mass is 32.1. The van der Waals surface area contributed by atoms with Crippen LogP contribution >= 0.6 is 11.3 Å². The van der Waals surface area contributed by atoms with Crippen LogP contribution < -0.4 is 4.90 Å². The largest absolute Gasteiger partial charge is 0.507 e. The van der Waals surface area contributed by atoms with Crippen LogP contribution in [0.1, 0.15) is 22.7 Å². The summed E-state index contributed by atoms with van der Waals surface area (Å²) in [6, 6.07) is 21.1. The molecule has 2 heterocycles. The molecule has 1 unspecified atom stereocenters. The van der Waals surface area contributed by atoms with Crippen LogP contribution in [0.2, 0.25) is 0 Å². The number of fused-ring (bicyclic) bond motifs is 2. The molecule has 1 aromatic heterocycles. The maximum Gasteiger partial charge on any atom is 0.301 e. The fourth-order valence-corrected chi connectivity index (χ4v) is 5.69. The molecule has 182 valence electrons. The Kier molecular flexibility index (Phi) is 5.35. The molecule has 0 bridgehead atoms. The predicted molar refractivity (Wildman–Crippen MR) is 139 cm³/mol. The first-order valence-corrected chi connectivity index (χ1v) is 12.3. The molecule has 0 saturated carbocycles. The van der Waals surface area contributed by atoms with E-state index in [1.807, 2.05) is 49.4 Å². The van der Waals surface area contributed by atoms with Crippen molar-refractivity contribution >= 4 is 54.9 Å². The van der Waals surface area contributed by atoms with Crippen molar-refractivity contribution in [3.63, 3.8) is 0 Å². The second-order valence-electron chi connectivity index (χ2n) is 8.88. The van der Waals surface area contributed by atoms with Gasteiger partial charge in [-0.05, 0) is 35.4 Å². The van der Waals surface area contributed by atoms with Gasteiger partial charge in [0.25, 0.3) is 5.78 Å². The average molecular weight is 513 g/mol. The van der Waals surface area contributed by atoms with Gasteiger partial charge in [0.15, 0.2) is 16.8 Å². The van der Waals surface area contributed by atoms with Gasteiger partial charge in [0.1, 0.15) is 5.76 Å². The molecule has 1 aliphatic rings. The van der Waals surface area contributed by atoms with Crippen molar-refractivity contribution in [1.82, 2.24) is 4.98 Å². The first-order valence-electron chi connectivity index (χ1n) is 11.4. The molecule has 1 aliphatic heterocycles. The summed E-state index contributed by atoms with van der Waals surface area (Å²) < 4.78 is 28.0. The molecule has 0 spiro atoms. The zero-order valence-electron chi connectivity index (χ0n) is 19.4. The fraction of sp³-hybridized carbons (Fsp3) is 0.0690. The van der Waals surface area contributed by atoms with Crippen LogP contribution in [0.3, 0.4) is 0 Å². The first kappa shape index (κ1) is 23.0. The van der Waals surface area contributed by atoms with Gasteiger partial charge in [-0.25, -0.2) is 13.8 Å². The lowest BCUT2D eigenvalue weighted by Crippen LogP contribution is -2.29. The number of ketones is 1. The molecule has 0 radical (unpaired) electrons. The molecule has 1 amide bonds. The molecular weight excluding hydrogens is 494 g/mol. The molecule has 5 nitrogen and oxygen atoms in total. The summed E-state index contributed by atoms with van der Waals surface area (Å²) in [5.74, 6) is -4.15. The standard InChI is InChI=1S/C29H18F2N2O3S/c1-15-5-4-8-18(11-15)25-24(26(34)19-10-9-16-6-2-3-7-17(16)12-19)27(35)28(36)33(25)29-32-22-13-20(30)21(31)14-23(22)37-29/h2-14,25,34H,1H3/b26-24+. The van der Waals surface area contributed by atoms with Crippen molar-refractivity contribution in [2.45, 2.75) is 13.0 Å². The van der Waals surface area contributed by atoms with E-state index in [0.29, 0.717) is 15.8 Å². The average Bonchev–Trinajstić information content (AvgIpc) is 3.41. The highest BCUT2D eigenvalue weighted by Crippen LogP contribution is 2.44. The Morgan fingerprint density at radius 1 is 0.919 bits per heavy atom. The van der Waals surface area contributed by atoms with E-state index < -0.39 is 29.4 Å². The zero-order chi connectivity index (χ0) is 25.8. The van der Waals surface area contributed by atoms with Gasteiger partial charge in [-0.3, -0.25) is 14.5 Å². The summed E-state index contributed by atoms with van der Waals surface area (Å²) in [6.07, 6.45) is 0. The Labute approximate surface area is 213 Å². The number of aromatic nitrogens is 1. The minimum Gasteiger partial charge on any atom is -0.507 e. The van der Waals surface area contributed by atoms with Crippen molar-refractivity contribution in [3.8, 4) is 0 Å². The van der Waals surface area contributed by atoms with Gasteiger partial charge in [-0.15, -0.1) is 0 Å². The number of carbonyl (C=O) groups is 2. The van der Waals surface area contributed by atoms with Crippen LogP contribution in [0.4, 0.5) is 13.9 Å². The number of aliphatic hydroxyl groups excluding tert-OH is 1. The number of Topliss-reactive ketones (excluding diaryl/α,β-unsaturated/α-hetero) is 1. The molecule has 4 aromatic carbocycles. The van der Waals surface area contributed by atoms with Gasteiger partial charge in [0.05, 0.1) is 21.8 Å². The van der Waals surface area contributed by atoms with Crippen molar-refractivity contribution in [2.75, 3.05) is 4.90 Å². The third kappa shape index (κ3) is 3.77. The summed E-state index contributed by atoms with van der Waals surface area (Å²) in [5.41, 5.74) is 1.96. The van der Waals surface area contributed by atoms with Gasteiger partial charge in [0, 0.05) is 11.6 Å². The van der Waals surface area contributed by atoms with Crippen molar-refractivity contribution < 1.29 is 23.5 Å². The van der Waals surface area contributed by atoms with Crippen LogP contribution in [0, 0.1) is 18.6 Å². The number of carbonyl (C=O) groups excluding carboxylic acids is 2. The molecular formula is C29H18F2N2O3S. The summed E-state index contributed by atoms with van der Waals surface area (Å²) in [5, 5.41) is 13.3. The number of aryl methyl sites for hydroxylation is 1. The van der Waals surface area contributed by atoms with E-state index in [0.717, 1.165) is 39.8 Å². The monoisotopic (exact) mass is 512 g/mol. The maximum atomic E-state index is 13.9. The molecule has 1 N–H and O–H groups in total. The van der Waals surface area contributed by atoms with Gasteiger partial charge < -0.3 is 5.11 Å². The molecule has 1 fully saturated rings. The number of hydrogen-bond donors (Lipinski definition) is 1. The number of thiazole rings is 1. The second-order valence-corrected chi connectivity index (χ2v) is 9.88. The molecule has 6 rings (SSSR count). The number of anilines is 1. The Morgan fingerprint density at radius 2 is 1.68 bits per heavy atom. The van der Waals surface area contributed by atoms with E-state index >= 15 is 0 Å². The summed E-state index contributed by atoms with van der Waals surface area (Å²) in [4.78, 5) is 32.3. The van der Waals surface area contributed by atoms with E-state index in [1.54, 1.807) is 24.3 Å². The van der Waals surface area contributed by atoms with Crippen LogP contribution in [0.5, 0.6) is 0 Å². The van der Waals surface area contributed by atoms with Gasteiger partial charge in [-0.1, -0.05) is 77.6 Å². The Morgan fingerprint density at radius 3 is 2.46 bits per heavy atom. The minimum atomic E-state index is -1.06. The second kappa shape index (κ2) is 8.60. The molecule has 5 aromatic rings. The summed E-state index contributed by atoms with van der Waals surface area (Å²) in [6.45, 7) is 1.88. The van der Waals surface area contributed by atoms with Crippen LogP contribution in [-0.2, 0) is 9.59 Å². The Balaban J connectivity index is 1.57. The van der Waals surface area contributed by atoms with E-state index in [4.69, 9.17) is 0 Å². The quantitative estimate of drug-likeness (QED) is 0.167. The Bertz CT molecular complexity index is 1750. The number of nitrogens with zero attached hydrogens (tertiary/aromatic N) is 2. The van der Waals surface area contributed by atoms with E-state index in [1.165, 1.54) is 4.90 Å². The number of aliphatic hydroxyl groups is 1. The lowest BCUT2D eigenvalue weighted by molar-refractivity contribution is -0.132. The van der Waals surface area contributed by atoms with Crippen molar-refractivity contribution in [1.29, 1.82) is 0 Å². The molecule has 8 heteroatoms. The third-order valence-electron chi connectivity index (χ3n) is 6.45. The van der Waals surface area contributed by atoms with E-state index in [-0.39, 0.29) is 22.0 Å². The zero-order valence-corrected chi connectivity index (χ0v) is 20.2. The third-order valence-corrected chi connectivity index (χ3v) is 7.47. The number of benzene rings is 4. The molecule has 0 aliphatic carbocycles. The first-order chi connectivity index (χ1) is 17.8. The molecule has 1 atom stereocenters. The number of rotatable bonds is 3. The lowest BCUT2D eigenvalue weighted by Gasteiger charge is -2.23. The predicted octanol–water partition coefficient (Wildman–Crippen LogP) is 6.66. The smallest absolute Gasteiger partial charge is 0.301 e. The lowest BCUT2D eigenvalue weighted by atomic mass is 9.94. The number of hydrogen-bond acceptors (Lipinski definition) is 5. The van der Waals surface area contributed by atoms with Crippen LogP contribution in [-0.4, -0.2) is 21.8 Å². The summed E-state index contributed by atoms with van der Waals surface area (Å²) >= 11 is 0.968. The molecule has 1 saturated heterocycles. The topological polar surface area (TPSA) is 70.5 Å². The fourth-order valence-electron chi connectivity index (χ4n) is 4.69. The normalized spacial score (nSPS) is 17.3. The van der Waals surface area contributed by atoms with Crippen molar-refractivity contribution in [2.24, 2.45) is 0 Å². The number of amides is 1.